The molecule has 18 heavy (non-hydrogen) atoms. The first kappa shape index (κ1) is 13.5. The molecule has 2 rings (SSSR count). The highest BCUT2D eigenvalue weighted by molar-refractivity contribution is 5.32. The lowest BCUT2D eigenvalue weighted by Crippen LogP contribution is -2.48. The summed E-state index contributed by atoms with van der Waals surface area (Å²) in [6, 6.07) is 6.71. The number of ether oxygens (including phenoxy) is 1. The Morgan fingerprint density at radius 2 is 2.06 bits per heavy atom. The molecule has 1 fully saturated rings. The molecule has 4 nitrogen and oxygen atoms in total. The Morgan fingerprint density at radius 1 is 1.33 bits per heavy atom. The fraction of sp³-hybridized carbons (Fsp3) is 0.571. The van der Waals surface area contributed by atoms with Crippen LogP contribution in [0.25, 0.3) is 0 Å². The van der Waals surface area contributed by atoms with Crippen LogP contribution in [0.15, 0.2) is 18.2 Å². The minimum atomic E-state index is 0.184. The fourth-order valence-corrected chi connectivity index (χ4v) is 2.38. The number of hydrogen-bond donors (Lipinski definition) is 2. The van der Waals surface area contributed by atoms with Crippen molar-refractivity contribution in [3.63, 3.8) is 0 Å². The fourth-order valence-electron chi connectivity index (χ4n) is 2.38. The number of benzene rings is 1. The maximum Gasteiger partial charge on any atom is 0.0608 e. The zero-order chi connectivity index (χ0) is 13.0. The molecule has 0 aliphatic carbocycles. The number of hydrogen-bond acceptors (Lipinski definition) is 4. The quantitative estimate of drug-likeness (QED) is 0.840. The van der Waals surface area contributed by atoms with Gasteiger partial charge in [-0.2, -0.15) is 0 Å². The van der Waals surface area contributed by atoms with E-state index >= 15 is 0 Å². The molecule has 1 heterocycles. The molecule has 3 N–H and O–H groups in total. The van der Waals surface area contributed by atoms with Crippen molar-refractivity contribution in [3.8, 4) is 0 Å². The maximum absolute atomic E-state index is 5.91. The molecule has 1 atom stereocenters. The van der Waals surface area contributed by atoms with Crippen molar-refractivity contribution in [3.05, 3.63) is 34.9 Å². The molecule has 0 aromatic heterocycles. The predicted octanol–water partition coefficient (Wildman–Crippen LogP) is 1.14. The van der Waals surface area contributed by atoms with Crippen molar-refractivity contribution in [2.45, 2.75) is 19.9 Å². The second-order valence-corrected chi connectivity index (χ2v) is 4.88. The number of aryl methyl sites for hydroxylation is 2. The van der Waals surface area contributed by atoms with Gasteiger partial charge >= 0.3 is 0 Å². The predicted molar refractivity (Wildman–Crippen MR) is 73.2 cm³/mol. The molecule has 0 saturated carbocycles. The van der Waals surface area contributed by atoms with E-state index in [1.54, 1.807) is 0 Å². The van der Waals surface area contributed by atoms with Crippen molar-refractivity contribution < 1.29 is 4.74 Å². The largest absolute Gasteiger partial charge is 0.379 e. The summed E-state index contributed by atoms with van der Waals surface area (Å²) in [4.78, 5) is 0. The normalized spacial score (nSPS) is 18.8. The molecule has 0 bridgehead atoms. The number of nitrogens with one attached hydrogen (secondary N) is 1. The number of morpholine rings is 1. The first-order chi connectivity index (χ1) is 8.70. The molecule has 1 unspecified atom stereocenters. The zero-order valence-corrected chi connectivity index (χ0v) is 11.3. The maximum atomic E-state index is 5.91. The van der Waals surface area contributed by atoms with E-state index in [9.17, 15) is 0 Å². The van der Waals surface area contributed by atoms with E-state index in [-0.39, 0.29) is 6.04 Å². The van der Waals surface area contributed by atoms with Crippen LogP contribution in [-0.2, 0) is 4.74 Å². The zero-order valence-electron chi connectivity index (χ0n) is 11.3. The lowest BCUT2D eigenvalue weighted by molar-refractivity contribution is 0.00400. The molecule has 1 aliphatic heterocycles. The van der Waals surface area contributed by atoms with Gasteiger partial charge in [-0.05, 0) is 25.0 Å². The Hall–Kier alpha value is -0.940. The van der Waals surface area contributed by atoms with Gasteiger partial charge in [-0.1, -0.05) is 23.8 Å². The van der Waals surface area contributed by atoms with Crippen molar-refractivity contribution in [2.24, 2.45) is 5.73 Å². The highest BCUT2D eigenvalue weighted by Gasteiger charge is 2.17. The summed E-state index contributed by atoms with van der Waals surface area (Å²) in [6.45, 7) is 8.27. The number of nitrogens with zero attached hydrogens (tertiary/aromatic N) is 1. The Kier molecular flexibility index (Phi) is 4.72. The van der Waals surface area contributed by atoms with Crippen LogP contribution in [0.2, 0.25) is 0 Å². The van der Waals surface area contributed by atoms with Crippen LogP contribution in [0.4, 0.5) is 0 Å². The van der Waals surface area contributed by atoms with Crippen molar-refractivity contribution in [2.75, 3.05) is 32.8 Å². The van der Waals surface area contributed by atoms with E-state index in [1.165, 1.54) is 16.7 Å². The second-order valence-electron chi connectivity index (χ2n) is 4.88. The summed E-state index contributed by atoms with van der Waals surface area (Å²) in [5, 5.41) is 2.21. The summed E-state index contributed by atoms with van der Waals surface area (Å²) in [5.41, 5.74) is 13.3. The molecule has 4 heteroatoms. The van der Waals surface area contributed by atoms with E-state index in [0.717, 1.165) is 26.3 Å². The Morgan fingerprint density at radius 3 is 2.67 bits per heavy atom. The highest BCUT2D eigenvalue weighted by atomic mass is 16.5. The summed E-state index contributed by atoms with van der Waals surface area (Å²) in [6.07, 6.45) is 0. The van der Waals surface area contributed by atoms with E-state index in [0.29, 0.717) is 6.54 Å². The Labute approximate surface area is 109 Å². The van der Waals surface area contributed by atoms with Crippen LogP contribution in [0.5, 0.6) is 0 Å². The minimum absolute atomic E-state index is 0.184. The summed E-state index contributed by atoms with van der Waals surface area (Å²) in [5.74, 6) is 0. The molecule has 100 valence electrons. The van der Waals surface area contributed by atoms with Crippen molar-refractivity contribution in [1.82, 2.24) is 10.4 Å². The van der Waals surface area contributed by atoms with Crippen LogP contribution in [0, 0.1) is 13.8 Å². The van der Waals surface area contributed by atoms with Crippen LogP contribution in [0.3, 0.4) is 0 Å². The Balaban J connectivity index is 2.07. The molecule has 1 saturated heterocycles. The van der Waals surface area contributed by atoms with Crippen molar-refractivity contribution >= 4 is 0 Å². The second kappa shape index (κ2) is 6.29. The van der Waals surface area contributed by atoms with Gasteiger partial charge in [0.05, 0.1) is 19.3 Å². The smallest absolute Gasteiger partial charge is 0.0608 e. The molecular weight excluding hydrogens is 226 g/mol. The lowest BCUT2D eigenvalue weighted by Gasteiger charge is -2.32. The first-order valence-electron chi connectivity index (χ1n) is 6.57. The summed E-state index contributed by atoms with van der Waals surface area (Å²) >= 11 is 0. The SMILES string of the molecule is Cc1ccc(C(CN)NN2CCOCC2)c(C)c1. The topological polar surface area (TPSA) is 50.5 Å². The minimum Gasteiger partial charge on any atom is -0.379 e. The average Bonchev–Trinajstić information content (AvgIpc) is 2.38. The van der Waals surface area contributed by atoms with Crippen molar-refractivity contribution in [1.29, 1.82) is 0 Å². The van der Waals surface area contributed by atoms with Crippen LogP contribution in [0.1, 0.15) is 22.7 Å². The van der Waals surface area contributed by atoms with E-state index in [1.807, 2.05) is 0 Å². The number of nitrogens with two attached hydrogens (primary N) is 1. The van der Waals surface area contributed by atoms with Gasteiger partial charge in [-0.25, -0.2) is 10.4 Å². The molecule has 0 radical (unpaired) electrons. The molecule has 0 amide bonds. The summed E-state index contributed by atoms with van der Waals surface area (Å²) in [7, 11) is 0. The number of rotatable bonds is 4. The Bertz CT molecular complexity index is 389. The van der Waals surface area contributed by atoms with Gasteiger partial charge in [0.25, 0.3) is 0 Å². The van der Waals surface area contributed by atoms with Gasteiger partial charge < -0.3 is 10.5 Å². The third kappa shape index (κ3) is 3.29. The molecular formula is C14H23N3O. The molecule has 1 aromatic carbocycles. The van der Waals surface area contributed by atoms with Gasteiger partial charge in [0.15, 0.2) is 0 Å². The molecule has 1 aromatic rings. The van der Waals surface area contributed by atoms with Gasteiger partial charge in [0, 0.05) is 19.6 Å². The molecule has 0 spiro atoms. The third-order valence-electron chi connectivity index (χ3n) is 3.39. The summed E-state index contributed by atoms with van der Waals surface area (Å²) < 4.78 is 5.35. The van der Waals surface area contributed by atoms with E-state index < -0.39 is 0 Å². The van der Waals surface area contributed by atoms with E-state index in [2.05, 4.69) is 42.5 Å². The van der Waals surface area contributed by atoms with Crippen LogP contribution in [-0.4, -0.2) is 37.9 Å². The van der Waals surface area contributed by atoms with Crippen LogP contribution >= 0.6 is 0 Å². The highest BCUT2D eigenvalue weighted by Crippen LogP contribution is 2.18. The van der Waals surface area contributed by atoms with Gasteiger partial charge in [-0.15, -0.1) is 0 Å². The average molecular weight is 249 g/mol. The standard InChI is InChI=1S/C14H23N3O/c1-11-3-4-13(12(2)9-11)14(10-15)16-17-5-7-18-8-6-17/h3-4,9,14,16H,5-8,10,15H2,1-2H3. The van der Waals surface area contributed by atoms with Gasteiger partial charge in [0.1, 0.15) is 0 Å². The monoisotopic (exact) mass is 249 g/mol. The van der Waals surface area contributed by atoms with E-state index in [4.69, 9.17) is 10.5 Å². The third-order valence-corrected chi connectivity index (χ3v) is 3.39. The lowest BCUT2D eigenvalue weighted by atomic mass is 10.00. The molecule has 1 aliphatic rings. The number of hydrazine groups is 1. The first-order valence-corrected chi connectivity index (χ1v) is 6.57. The van der Waals surface area contributed by atoms with Crippen LogP contribution < -0.4 is 11.2 Å². The van der Waals surface area contributed by atoms with Gasteiger partial charge in [0.2, 0.25) is 0 Å². The van der Waals surface area contributed by atoms with Gasteiger partial charge in [-0.3, -0.25) is 0 Å².